The first-order valence-electron chi connectivity index (χ1n) is 6.05. The van der Waals surface area contributed by atoms with Gasteiger partial charge in [-0.05, 0) is 39.2 Å². The molecular formula is C13H18N2O2. The average Bonchev–Trinajstić information content (AvgIpc) is 2.87. The molecule has 0 amide bonds. The molecule has 0 atom stereocenters. The predicted octanol–water partition coefficient (Wildman–Crippen LogP) is 2.39. The van der Waals surface area contributed by atoms with Gasteiger partial charge in [0.15, 0.2) is 0 Å². The molecule has 1 N–H and O–H groups in total. The minimum absolute atomic E-state index is 0.247. The SMILES string of the molecule is CCOC(=O)c1c(C)[nH]c(C2=NCCC2)c1C. The van der Waals surface area contributed by atoms with Gasteiger partial charge >= 0.3 is 5.97 Å². The van der Waals surface area contributed by atoms with Gasteiger partial charge in [-0.2, -0.15) is 0 Å². The van der Waals surface area contributed by atoms with Crippen molar-refractivity contribution >= 4 is 11.7 Å². The number of hydrogen-bond donors (Lipinski definition) is 1. The van der Waals surface area contributed by atoms with Crippen LogP contribution in [-0.2, 0) is 4.74 Å². The molecule has 92 valence electrons. The van der Waals surface area contributed by atoms with Crippen LogP contribution in [0.5, 0.6) is 0 Å². The molecule has 1 aliphatic rings. The third kappa shape index (κ3) is 2.12. The quantitative estimate of drug-likeness (QED) is 0.816. The number of hydrogen-bond acceptors (Lipinski definition) is 3. The largest absolute Gasteiger partial charge is 0.462 e. The molecule has 0 aromatic carbocycles. The van der Waals surface area contributed by atoms with Crippen LogP contribution in [0.4, 0.5) is 0 Å². The van der Waals surface area contributed by atoms with Crippen LogP contribution < -0.4 is 0 Å². The van der Waals surface area contributed by atoms with Gasteiger partial charge in [0, 0.05) is 12.2 Å². The van der Waals surface area contributed by atoms with Crippen LogP contribution in [-0.4, -0.2) is 29.8 Å². The van der Waals surface area contributed by atoms with Gasteiger partial charge in [0.1, 0.15) is 0 Å². The van der Waals surface area contributed by atoms with E-state index in [4.69, 9.17) is 4.74 Å². The maximum atomic E-state index is 11.8. The Kier molecular flexibility index (Phi) is 3.31. The predicted molar refractivity (Wildman–Crippen MR) is 66.9 cm³/mol. The smallest absolute Gasteiger partial charge is 0.340 e. The van der Waals surface area contributed by atoms with E-state index in [0.717, 1.165) is 42.0 Å². The van der Waals surface area contributed by atoms with Crippen molar-refractivity contribution in [3.63, 3.8) is 0 Å². The van der Waals surface area contributed by atoms with Crippen LogP contribution >= 0.6 is 0 Å². The fourth-order valence-corrected chi connectivity index (χ4v) is 2.29. The van der Waals surface area contributed by atoms with E-state index in [1.165, 1.54) is 0 Å². The summed E-state index contributed by atoms with van der Waals surface area (Å²) in [4.78, 5) is 19.6. The highest BCUT2D eigenvalue weighted by molar-refractivity contribution is 6.04. The molecule has 0 aliphatic carbocycles. The topological polar surface area (TPSA) is 54.5 Å². The molecule has 2 heterocycles. The number of ether oxygens (including phenoxy) is 1. The summed E-state index contributed by atoms with van der Waals surface area (Å²) < 4.78 is 5.07. The standard InChI is InChI=1S/C13H18N2O2/c1-4-17-13(16)11-8(2)12(15-9(11)3)10-6-5-7-14-10/h15H,4-7H2,1-3H3. The lowest BCUT2D eigenvalue weighted by Gasteiger charge is -2.02. The van der Waals surface area contributed by atoms with Crippen LogP contribution in [0.2, 0.25) is 0 Å². The third-order valence-electron chi connectivity index (χ3n) is 3.08. The number of aromatic amines is 1. The number of carbonyl (C=O) groups excluding carboxylic acids is 1. The number of aliphatic imine (C=N–C) groups is 1. The van der Waals surface area contributed by atoms with Gasteiger partial charge in [-0.25, -0.2) is 4.79 Å². The maximum Gasteiger partial charge on any atom is 0.340 e. The van der Waals surface area contributed by atoms with Crippen molar-refractivity contribution in [2.45, 2.75) is 33.6 Å². The fraction of sp³-hybridized carbons (Fsp3) is 0.538. The van der Waals surface area contributed by atoms with E-state index in [2.05, 4.69) is 9.98 Å². The number of nitrogens with one attached hydrogen (secondary N) is 1. The monoisotopic (exact) mass is 234 g/mol. The number of aryl methyl sites for hydroxylation is 1. The summed E-state index contributed by atoms with van der Waals surface area (Å²) in [5, 5.41) is 0. The minimum atomic E-state index is -0.247. The Hall–Kier alpha value is -1.58. The zero-order valence-corrected chi connectivity index (χ0v) is 10.6. The van der Waals surface area contributed by atoms with E-state index in [1.807, 2.05) is 20.8 Å². The molecule has 4 heteroatoms. The number of nitrogens with zero attached hydrogens (tertiary/aromatic N) is 1. The lowest BCUT2D eigenvalue weighted by molar-refractivity contribution is 0.0525. The lowest BCUT2D eigenvalue weighted by Crippen LogP contribution is -2.07. The zero-order valence-electron chi connectivity index (χ0n) is 10.6. The molecule has 1 aliphatic heterocycles. The Morgan fingerprint density at radius 2 is 2.24 bits per heavy atom. The molecule has 0 spiro atoms. The first-order chi connectivity index (χ1) is 8.15. The van der Waals surface area contributed by atoms with Gasteiger partial charge in [-0.15, -0.1) is 0 Å². The summed E-state index contributed by atoms with van der Waals surface area (Å²) in [6.07, 6.45) is 2.09. The zero-order chi connectivity index (χ0) is 12.4. The van der Waals surface area contributed by atoms with Gasteiger partial charge in [0.2, 0.25) is 0 Å². The van der Waals surface area contributed by atoms with Gasteiger partial charge in [-0.3, -0.25) is 4.99 Å². The van der Waals surface area contributed by atoms with Gasteiger partial charge < -0.3 is 9.72 Å². The van der Waals surface area contributed by atoms with Crippen LogP contribution in [0.3, 0.4) is 0 Å². The second-order valence-corrected chi connectivity index (χ2v) is 4.28. The summed E-state index contributed by atoms with van der Waals surface area (Å²) in [5.41, 5.74) is 4.58. The Labute approximate surface area is 101 Å². The third-order valence-corrected chi connectivity index (χ3v) is 3.08. The minimum Gasteiger partial charge on any atom is -0.462 e. The summed E-state index contributed by atoms with van der Waals surface area (Å²) in [5.74, 6) is -0.247. The maximum absolute atomic E-state index is 11.8. The Morgan fingerprint density at radius 3 is 2.82 bits per heavy atom. The number of carbonyl (C=O) groups is 1. The van der Waals surface area contributed by atoms with Crippen LogP contribution in [0.25, 0.3) is 0 Å². The Balaban J connectivity index is 2.38. The van der Waals surface area contributed by atoms with Crippen molar-refractivity contribution in [1.29, 1.82) is 0 Å². The first kappa shape index (κ1) is 11.9. The molecule has 0 fully saturated rings. The van der Waals surface area contributed by atoms with E-state index < -0.39 is 0 Å². The van der Waals surface area contributed by atoms with Crippen molar-refractivity contribution in [3.05, 3.63) is 22.5 Å². The van der Waals surface area contributed by atoms with Crippen molar-refractivity contribution < 1.29 is 9.53 Å². The van der Waals surface area contributed by atoms with Crippen LogP contribution in [0.15, 0.2) is 4.99 Å². The van der Waals surface area contributed by atoms with E-state index in [-0.39, 0.29) is 5.97 Å². The van der Waals surface area contributed by atoms with E-state index >= 15 is 0 Å². The molecule has 0 saturated carbocycles. The van der Waals surface area contributed by atoms with Crippen molar-refractivity contribution in [2.24, 2.45) is 4.99 Å². The molecule has 0 saturated heterocycles. The van der Waals surface area contributed by atoms with Crippen molar-refractivity contribution in [2.75, 3.05) is 13.2 Å². The molecule has 1 aromatic heterocycles. The van der Waals surface area contributed by atoms with Gasteiger partial charge in [0.05, 0.1) is 23.6 Å². The highest BCUT2D eigenvalue weighted by Gasteiger charge is 2.22. The lowest BCUT2D eigenvalue weighted by atomic mass is 10.1. The fourth-order valence-electron chi connectivity index (χ4n) is 2.29. The molecule has 2 rings (SSSR count). The molecule has 0 bridgehead atoms. The van der Waals surface area contributed by atoms with Crippen molar-refractivity contribution in [1.82, 2.24) is 4.98 Å². The van der Waals surface area contributed by atoms with E-state index in [0.29, 0.717) is 12.2 Å². The highest BCUT2D eigenvalue weighted by atomic mass is 16.5. The number of aromatic nitrogens is 1. The van der Waals surface area contributed by atoms with Gasteiger partial charge in [0.25, 0.3) is 0 Å². The normalized spacial score (nSPS) is 14.9. The number of H-pyrrole nitrogens is 1. The molecule has 4 nitrogen and oxygen atoms in total. The van der Waals surface area contributed by atoms with Gasteiger partial charge in [-0.1, -0.05) is 0 Å². The van der Waals surface area contributed by atoms with E-state index in [1.54, 1.807) is 0 Å². The van der Waals surface area contributed by atoms with E-state index in [9.17, 15) is 4.79 Å². The second-order valence-electron chi connectivity index (χ2n) is 4.28. The second kappa shape index (κ2) is 4.73. The van der Waals surface area contributed by atoms with Crippen LogP contribution in [0.1, 0.15) is 47.1 Å². The molecule has 17 heavy (non-hydrogen) atoms. The number of esters is 1. The molecule has 0 radical (unpaired) electrons. The average molecular weight is 234 g/mol. The highest BCUT2D eigenvalue weighted by Crippen LogP contribution is 2.22. The first-order valence-corrected chi connectivity index (χ1v) is 6.05. The Bertz CT molecular complexity index is 472. The summed E-state index contributed by atoms with van der Waals surface area (Å²) >= 11 is 0. The summed E-state index contributed by atoms with van der Waals surface area (Å²) in [6, 6.07) is 0. The molecule has 1 aromatic rings. The summed E-state index contributed by atoms with van der Waals surface area (Å²) in [6.45, 7) is 6.96. The molecule has 0 unspecified atom stereocenters. The summed E-state index contributed by atoms with van der Waals surface area (Å²) in [7, 11) is 0. The molecular weight excluding hydrogens is 216 g/mol. The van der Waals surface area contributed by atoms with Crippen LogP contribution in [0, 0.1) is 13.8 Å². The Morgan fingerprint density at radius 1 is 1.47 bits per heavy atom. The van der Waals surface area contributed by atoms with Crippen molar-refractivity contribution in [3.8, 4) is 0 Å². The number of rotatable bonds is 3.